The van der Waals surface area contributed by atoms with Crippen LogP contribution in [0.3, 0.4) is 0 Å². The highest BCUT2D eigenvalue weighted by atomic mass is 32.2. The number of anilines is 1. The fourth-order valence-electron chi connectivity index (χ4n) is 3.27. The van der Waals surface area contributed by atoms with E-state index in [0.29, 0.717) is 5.16 Å². The summed E-state index contributed by atoms with van der Waals surface area (Å²) >= 11 is 1.45. The molecule has 2 N–H and O–H groups in total. The summed E-state index contributed by atoms with van der Waals surface area (Å²) in [6.07, 6.45) is 0.765. The lowest BCUT2D eigenvalue weighted by Gasteiger charge is -2.33. The molecule has 7 heteroatoms. The largest absolute Gasteiger partial charge is 0.325 e. The molecule has 1 aliphatic rings. The molecule has 1 amide bonds. The molecule has 0 saturated heterocycles. The summed E-state index contributed by atoms with van der Waals surface area (Å²) in [4.78, 5) is 13.2. The summed E-state index contributed by atoms with van der Waals surface area (Å²) in [7, 11) is 0. The number of fused-ring (bicyclic) bond motifs is 1. The quantitative estimate of drug-likeness (QED) is 0.704. The van der Waals surface area contributed by atoms with Crippen LogP contribution in [-0.2, 0) is 11.2 Å². The molecule has 0 bridgehead atoms. The van der Waals surface area contributed by atoms with Crippen molar-refractivity contribution >= 4 is 23.4 Å². The van der Waals surface area contributed by atoms with Crippen LogP contribution in [0.25, 0.3) is 0 Å². The van der Waals surface area contributed by atoms with Gasteiger partial charge in [-0.3, -0.25) is 4.79 Å². The van der Waals surface area contributed by atoms with Crippen molar-refractivity contribution in [1.29, 1.82) is 0 Å². The van der Waals surface area contributed by atoms with Gasteiger partial charge in [0.25, 0.3) is 0 Å². The minimum Gasteiger partial charge on any atom is -0.325 e. The molecule has 0 radical (unpaired) electrons. The number of aryl methyl sites for hydroxylation is 3. The monoisotopic (exact) mass is 393 g/mol. The molecular formula is C21H23N5OS. The van der Waals surface area contributed by atoms with Crippen LogP contribution in [0.4, 0.5) is 5.69 Å². The number of amides is 1. The zero-order valence-electron chi connectivity index (χ0n) is 16.1. The van der Waals surface area contributed by atoms with Crippen LogP contribution in [-0.4, -0.2) is 26.0 Å². The molecule has 6 nitrogen and oxygen atoms in total. The Balaban J connectivity index is 1.68. The van der Waals surface area contributed by atoms with Gasteiger partial charge >= 0.3 is 0 Å². The molecule has 1 aliphatic heterocycles. The van der Waals surface area contributed by atoms with Gasteiger partial charge in [-0.2, -0.15) is 0 Å². The first-order valence-corrected chi connectivity index (χ1v) is 10.3. The normalized spacial score (nSPS) is 18.2. The molecule has 0 fully saturated rings. The molecule has 2 atom stereocenters. The summed E-state index contributed by atoms with van der Waals surface area (Å²) in [5.74, 6) is 0.807. The van der Waals surface area contributed by atoms with E-state index in [-0.39, 0.29) is 17.2 Å². The highest BCUT2D eigenvalue weighted by Crippen LogP contribution is 2.37. The Hall–Kier alpha value is -2.80. The van der Waals surface area contributed by atoms with E-state index in [2.05, 4.69) is 52.1 Å². The van der Waals surface area contributed by atoms with Crippen LogP contribution in [0.2, 0.25) is 0 Å². The summed E-state index contributed by atoms with van der Waals surface area (Å²) < 4.78 is 1.91. The number of para-hydroxylation sites is 1. The van der Waals surface area contributed by atoms with Gasteiger partial charge in [0.2, 0.25) is 11.1 Å². The van der Waals surface area contributed by atoms with Gasteiger partial charge in [-0.05, 0) is 31.0 Å². The van der Waals surface area contributed by atoms with Gasteiger partial charge in [0.05, 0.1) is 6.04 Å². The predicted octanol–water partition coefficient (Wildman–Crippen LogP) is 3.86. The fraction of sp³-hybridized carbons (Fsp3) is 0.286. The van der Waals surface area contributed by atoms with Crippen molar-refractivity contribution in [3.05, 3.63) is 71.0 Å². The van der Waals surface area contributed by atoms with Crippen LogP contribution >= 0.6 is 11.8 Å². The Bertz CT molecular complexity index is 998. The minimum atomic E-state index is -0.372. The van der Waals surface area contributed by atoms with Crippen molar-refractivity contribution in [3.63, 3.8) is 0 Å². The molecule has 2 aromatic carbocycles. The third-order valence-corrected chi connectivity index (χ3v) is 6.13. The first-order valence-electron chi connectivity index (χ1n) is 9.37. The maximum absolute atomic E-state index is 13.2. The predicted molar refractivity (Wildman–Crippen MR) is 112 cm³/mol. The van der Waals surface area contributed by atoms with Gasteiger partial charge in [0.15, 0.2) is 5.82 Å². The van der Waals surface area contributed by atoms with Gasteiger partial charge in [0, 0.05) is 12.1 Å². The summed E-state index contributed by atoms with van der Waals surface area (Å²) in [5.41, 5.74) is 7.59. The summed E-state index contributed by atoms with van der Waals surface area (Å²) in [6.45, 7) is 6.09. The molecule has 28 heavy (non-hydrogen) atoms. The Morgan fingerprint density at radius 3 is 2.61 bits per heavy atom. The minimum absolute atomic E-state index is 0.0512. The standard InChI is InChI=1S/C21H23N5OS/c1-4-17-23-24-21-26(17)25-18(15-11-9-13(2)10-12-15)19(28-21)20(27)22-16-8-6-5-7-14(16)3/h5-12,18-19,25H,4H2,1-3H3,(H,22,27)/t18-,19-/m0/s1. The summed E-state index contributed by atoms with van der Waals surface area (Å²) in [5, 5.41) is 11.9. The van der Waals surface area contributed by atoms with Crippen molar-refractivity contribution in [3.8, 4) is 0 Å². The Kier molecular flexibility index (Phi) is 5.09. The lowest BCUT2D eigenvalue weighted by Crippen LogP contribution is -2.41. The molecule has 1 aromatic heterocycles. The van der Waals surface area contributed by atoms with Crippen molar-refractivity contribution < 1.29 is 4.79 Å². The molecule has 0 unspecified atom stereocenters. The topological polar surface area (TPSA) is 71.8 Å². The maximum Gasteiger partial charge on any atom is 0.240 e. The second-order valence-electron chi connectivity index (χ2n) is 6.95. The van der Waals surface area contributed by atoms with Crippen molar-refractivity contribution in [2.24, 2.45) is 0 Å². The Morgan fingerprint density at radius 1 is 1.14 bits per heavy atom. The van der Waals surface area contributed by atoms with Gasteiger partial charge in [-0.25, -0.2) is 4.68 Å². The Morgan fingerprint density at radius 2 is 1.89 bits per heavy atom. The van der Waals surface area contributed by atoms with E-state index >= 15 is 0 Å². The van der Waals surface area contributed by atoms with Crippen molar-refractivity contribution in [1.82, 2.24) is 14.9 Å². The summed E-state index contributed by atoms with van der Waals surface area (Å²) in [6, 6.07) is 15.9. The van der Waals surface area contributed by atoms with Gasteiger partial charge in [0.1, 0.15) is 5.25 Å². The SMILES string of the molecule is CCc1nnc2n1N[C@@H](c1ccc(C)cc1)[C@@H](C(=O)Nc1ccccc1C)S2. The second-order valence-corrected chi connectivity index (χ2v) is 8.06. The fourth-order valence-corrected chi connectivity index (χ4v) is 4.37. The van der Waals surface area contributed by atoms with E-state index in [0.717, 1.165) is 29.1 Å². The van der Waals surface area contributed by atoms with Crippen LogP contribution < -0.4 is 10.7 Å². The lowest BCUT2D eigenvalue weighted by molar-refractivity contribution is -0.116. The Labute approximate surface area is 168 Å². The van der Waals surface area contributed by atoms with E-state index in [1.807, 2.05) is 42.8 Å². The molecule has 0 spiro atoms. The second kappa shape index (κ2) is 7.67. The zero-order valence-corrected chi connectivity index (χ0v) is 17.0. The highest BCUT2D eigenvalue weighted by Gasteiger charge is 2.37. The van der Waals surface area contributed by atoms with E-state index in [9.17, 15) is 4.79 Å². The third-order valence-electron chi connectivity index (χ3n) is 4.92. The third kappa shape index (κ3) is 3.49. The molecular weight excluding hydrogens is 370 g/mol. The van der Waals surface area contributed by atoms with E-state index < -0.39 is 0 Å². The number of nitrogens with one attached hydrogen (secondary N) is 2. The molecule has 4 rings (SSSR count). The molecule has 0 aliphatic carbocycles. The lowest BCUT2D eigenvalue weighted by atomic mass is 10.0. The molecule has 0 saturated carbocycles. The van der Waals surface area contributed by atoms with Crippen LogP contribution in [0.5, 0.6) is 0 Å². The van der Waals surface area contributed by atoms with Crippen molar-refractivity contribution in [2.75, 3.05) is 10.7 Å². The number of rotatable bonds is 4. The number of carbonyl (C=O) groups is 1. The average molecular weight is 394 g/mol. The molecule has 3 aromatic rings. The number of thioether (sulfide) groups is 1. The maximum atomic E-state index is 13.2. The average Bonchev–Trinajstić information content (AvgIpc) is 3.11. The van der Waals surface area contributed by atoms with E-state index in [1.165, 1.54) is 17.3 Å². The first kappa shape index (κ1) is 18.6. The van der Waals surface area contributed by atoms with E-state index in [4.69, 9.17) is 0 Å². The number of carbonyl (C=O) groups excluding carboxylic acids is 1. The van der Waals surface area contributed by atoms with Gasteiger partial charge in [-0.1, -0.05) is 66.7 Å². The van der Waals surface area contributed by atoms with Crippen LogP contribution in [0.1, 0.15) is 35.5 Å². The number of nitrogens with zero attached hydrogens (tertiary/aromatic N) is 3. The highest BCUT2D eigenvalue weighted by molar-refractivity contribution is 8.00. The zero-order chi connectivity index (χ0) is 19.7. The van der Waals surface area contributed by atoms with Gasteiger partial charge in [-0.15, -0.1) is 10.2 Å². The number of hydrogen-bond acceptors (Lipinski definition) is 5. The molecule has 2 heterocycles. The number of aromatic nitrogens is 3. The van der Waals surface area contributed by atoms with Crippen LogP contribution in [0.15, 0.2) is 53.7 Å². The smallest absolute Gasteiger partial charge is 0.240 e. The van der Waals surface area contributed by atoms with Crippen LogP contribution in [0, 0.1) is 13.8 Å². The van der Waals surface area contributed by atoms with Crippen molar-refractivity contribution in [2.45, 2.75) is 43.6 Å². The number of benzene rings is 2. The molecule has 144 valence electrons. The number of hydrogen-bond donors (Lipinski definition) is 2. The van der Waals surface area contributed by atoms with E-state index in [1.54, 1.807) is 0 Å². The van der Waals surface area contributed by atoms with Gasteiger partial charge < -0.3 is 10.7 Å². The first-order chi connectivity index (χ1) is 13.6.